The Morgan fingerprint density at radius 1 is 1.16 bits per heavy atom. The quantitative estimate of drug-likeness (QED) is 0.863. The monoisotopic (exact) mass is 284 g/mol. The van der Waals surface area contributed by atoms with Gasteiger partial charge in [0.1, 0.15) is 5.82 Å². The van der Waals surface area contributed by atoms with E-state index in [0.29, 0.717) is 11.9 Å². The molecule has 1 fully saturated rings. The van der Waals surface area contributed by atoms with Crippen LogP contribution in [0.3, 0.4) is 0 Å². The summed E-state index contributed by atoms with van der Waals surface area (Å²) in [6, 6.07) is 3.85. The maximum absolute atomic E-state index is 11.4. The highest BCUT2D eigenvalue weighted by Gasteiger charge is 2.14. The van der Waals surface area contributed by atoms with Gasteiger partial charge in [-0.25, -0.2) is 8.42 Å². The van der Waals surface area contributed by atoms with E-state index in [1.54, 1.807) is 19.1 Å². The fourth-order valence-electron chi connectivity index (χ4n) is 2.15. The number of hydrogen-bond acceptors (Lipinski definition) is 5. The van der Waals surface area contributed by atoms with E-state index in [4.69, 9.17) is 0 Å². The molecule has 0 amide bonds. The van der Waals surface area contributed by atoms with Gasteiger partial charge in [-0.2, -0.15) is 0 Å². The molecule has 7 heteroatoms. The van der Waals surface area contributed by atoms with Gasteiger partial charge in [0.25, 0.3) is 0 Å². The van der Waals surface area contributed by atoms with Crippen molar-refractivity contribution in [2.75, 3.05) is 15.8 Å². The van der Waals surface area contributed by atoms with Crippen LogP contribution in [0.2, 0.25) is 0 Å². The average molecular weight is 284 g/mol. The van der Waals surface area contributed by atoms with Gasteiger partial charge in [0.05, 0.1) is 5.75 Å². The molecule has 0 aromatic carbocycles. The zero-order valence-corrected chi connectivity index (χ0v) is 11.9. The summed E-state index contributed by atoms with van der Waals surface area (Å²) in [4.78, 5) is 0. The second-order valence-electron chi connectivity index (χ2n) is 4.79. The van der Waals surface area contributed by atoms with Gasteiger partial charge >= 0.3 is 0 Å². The van der Waals surface area contributed by atoms with E-state index in [0.717, 1.165) is 12.8 Å². The molecule has 1 aliphatic carbocycles. The molecule has 2 N–H and O–H groups in total. The van der Waals surface area contributed by atoms with Crippen LogP contribution in [-0.4, -0.2) is 30.4 Å². The largest absolute Gasteiger partial charge is 0.366 e. The predicted octanol–water partition coefficient (Wildman–Crippen LogP) is 1.98. The lowest BCUT2D eigenvalue weighted by Gasteiger charge is -2.22. The van der Waals surface area contributed by atoms with Crippen LogP contribution in [-0.2, 0) is 10.0 Å². The van der Waals surface area contributed by atoms with Crippen LogP contribution in [0, 0.1) is 0 Å². The summed E-state index contributed by atoms with van der Waals surface area (Å²) >= 11 is 0. The zero-order valence-electron chi connectivity index (χ0n) is 11.1. The molecule has 0 atom stereocenters. The molecule has 0 spiro atoms. The van der Waals surface area contributed by atoms with Gasteiger partial charge in [-0.1, -0.05) is 19.3 Å². The first-order chi connectivity index (χ1) is 9.09. The Hall–Kier alpha value is -1.37. The Morgan fingerprint density at radius 3 is 2.37 bits per heavy atom. The molecule has 0 saturated heterocycles. The van der Waals surface area contributed by atoms with Crippen molar-refractivity contribution >= 4 is 21.7 Å². The smallest absolute Gasteiger partial charge is 0.233 e. The number of nitrogens with zero attached hydrogens (tertiary/aromatic N) is 2. The molecule has 0 unspecified atom stereocenters. The van der Waals surface area contributed by atoms with E-state index in [-0.39, 0.29) is 11.6 Å². The lowest BCUT2D eigenvalue weighted by Crippen LogP contribution is -2.23. The topological polar surface area (TPSA) is 84.0 Å². The van der Waals surface area contributed by atoms with Gasteiger partial charge in [0, 0.05) is 6.04 Å². The number of nitrogens with one attached hydrogen (secondary N) is 2. The first-order valence-electron chi connectivity index (χ1n) is 6.70. The third kappa shape index (κ3) is 4.34. The Labute approximate surface area is 114 Å². The van der Waals surface area contributed by atoms with E-state index >= 15 is 0 Å². The second kappa shape index (κ2) is 6.18. The normalized spacial score (nSPS) is 17.1. The predicted molar refractivity (Wildman–Crippen MR) is 75.6 cm³/mol. The van der Waals surface area contributed by atoms with Crippen LogP contribution in [0.4, 0.5) is 11.6 Å². The van der Waals surface area contributed by atoms with Crippen molar-refractivity contribution in [3.05, 3.63) is 12.1 Å². The van der Waals surface area contributed by atoms with Crippen LogP contribution in [0.1, 0.15) is 39.0 Å². The molecule has 1 heterocycles. The van der Waals surface area contributed by atoms with Gasteiger partial charge < -0.3 is 5.32 Å². The molecule has 1 saturated carbocycles. The number of hydrogen-bond donors (Lipinski definition) is 2. The molecule has 19 heavy (non-hydrogen) atoms. The SMILES string of the molecule is CCS(=O)(=O)Nc1ccc(NC2CCCCC2)nn1. The number of anilines is 2. The fraction of sp³-hybridized carbons (Fsp3) is 0.667. The first kappa shape index (κ1) is 14.0. The first-order valence-corrected chi connectivity index (χ1v) is 8.35. The van der Waals surface area contributed by atoms with Crippen molar-refractivity contribution in [1.29, 1.82) is 0 Å². The zero-order chi connectivity index (χ0) is 13.7. The van der Waals surface area contributed by atoms with Crippen molar-refractivity contribution in [3.8, 4) is 0 Å². The Bertz CT molecular complexity index is 495. The minimum Gasteiger partial charge on any atom is -0.366 e. The molecule has 1 aromatic rings. The number of aromatic nitrogens is 2. The van der Waals surface area contributed by atoms with Crippen LogP contribution >= 0.6 is 0 Å². The summed E-state index contributed by atoms with van der Waals surface area (Å²) in [5.41, 5.74) is 0. The van der Waals surface area contributed by atoms with E-state index in [1.807, 2.05) is 0 Å². The summed E-state index contributed by atoms with van der Waals surface area (Å²) in [7, 11) is -3.29. The fourth-order valence-corrected chi connectivity index (χ4v) is 2.72. The van der Waals surface area contributed by atoms with Crippen molar-refractivity contribution in [2.24, 2.45) is 0 Å². The van der Waals surface area contributed by atoms with Gasteiger partial charge in [0.2, 0.25) is 10.0 Å². The van der Waals surface area contributed by atoms with Crippen molar-refractivity contribution in [3.63, 3.8) is 0 Å². The van der Waals surface area contributed by atoms with Crippen molar-refractivity contribution in [1.82, 2.24) is 10.2 Å². The summed E-state index contributed by atoms with van der Waals surface area (Å²) in [5.74, 6) is 0.985. The van der Waals surface area contributed by atoms with Gasteiger partial charge in [0.15, 0.2) is 5.82 Å². The minimum atomic E-state index is -3.29. The molecular formula is C12H20N4O2S. The molecular weight excluding hydrogens is 264 g/mol. The molecule has 1 aromatic heterocycles. The van der Waals surface area contributed by atoms with E-state index < -0.39 is 10.0 Å². The molecule has 0 bridgehead atoms. The third-order valence-corrected chi connectivity index (χ3v) is 4.54. The van der Waals surface area contributed by atoms with E-state index in [9.17, 15) is 8.42 Å². The molecule has 106 valence electrons. The standard InChI is InChI=1S/C12H20N4O2S/c1-2-19(17,18)16-12-9-8-11(14-15-12)13-10-6-4-3-5-7-10/h8-10H,2-7H2,1H3,(H,13,14)(H,15,16). The maximum atomic E-state index is 11.4. The Kier molecular flexibility index (Phi) is 4.57. The van der Waals surface area contributed by atoms with Crippen molar-refractivity contribution < 1.29 is 8.42 Å². The van der Waals surface area contributed by atoms with Crippen molar-refractivity contribution in [2.45, 2.75) is 45.1 Å². The highest BCUT2D eigenvalue weighted by molar-refractivity contribution is 7.92. The van der Waals surface area contributed by atoms with Gasteiger partial charge in [-0.15, -0.1) is 10.2 Å². The Balaban J connectivity index is 1.94. The summed E-state index contributed by atoms with van der Waals surface area (Å²) in [6.07, 6.45) is 6.12. The Morgan fingerprint density at radius 2 is 1.79 bits per heavy atom. The van der Waals surface area contributed by atoms with Crippen LogP contribution in [0.25, 0.3) is 0 Å². The minimum absolute atomic E-state index is 0.0246. The van der Waals surface area contributed by atoms with Crippen LogP contribution in [0.15, 0.2) is 12.1 Å². The lowest BCUT2D eigenvalue weighted by molar-refractivity contribution is 0.461. The highest BCUT2D eigenvalue weighted by atomic mass is 32.2. The van der Waals surface area contributed by atoms with Crippen LogP contribution < -0.4 is 10.0 Å². The van der Waals surface area contributed by atoms with Gasteiger partial charge in [-0.3, -0.25) is 4.72 Å². The maximum Gasteiger partial charge on any atom is 0.233 e. The van der Waals surface area contributed by atoms with E-state index in [1.165, 1.54) is 19.3 Å². The highest BCUT2D eigenvalue weighted by Crippen LogP contribution is 2.20. The summed E-state index contributed by atoms with van der Waals surface area (Å²) in [6.45, 7) is 1.58. The summed E-state index contributed by atoms with van der Waals surface area (Å²) < 4.78 is 25.1. The molecule has 1 aliphatic rings. The molecule has 0 radical (unpaired) electrons. The number of sulfonamides is 1. The lowest BCUT2D eigenvalue weighted by atomic mass is 9.95. The molecule has 0 aliphatic heterocycles. The van der Waals surface area contributed by atoms with Crippen LogP contribution in [0.5, 0.6) is 0 Å². The molecule has 2 rings (SSSR count). The van der Waals surface area contributed by atoms with E-state index in [2.05, 4.69) is 20.2 Å². The average Bonchev–Trinajstić information content (AvgIpc) is 2.42. The van der Waals surface area contributed by atoms with Gasteiger partial charge in [-0.05, 0) is 31.9 Å². The third-order valence-electron chi connectivity index (χ3n) is 3.26. The second-order valence-corrected chi connectivity index (χ2v) is 6.80. The number of rotatable bonds is 5. The summed E-state index contributed by atoms with van der Waals surface area (Å²) in [5, 5.41) is 11.2. The molecule has 6 nitrogen and oxygen atoms in total.